The lowest BCUT2D eigenvalue weighted by Crippen LogP contribution is -2.68. The van der Waals surface area contributed by atoms with E-state index in [-0.39, 0.29) is 12.9 Å². The van der Waals surface area contributed by atoms with Gasteiger partial charge in [0.1, 0.15) is 0 Å². The minimum Gasteiger partial charge on any atom is -0.396 e. The molecule has 6 heterocycles. The summed E-state index contributed by atoms with van der Waals surface area (Å²) in [5.41, 5.74) is 4.14. The first-order chi connectivity index (χ1) is 12.8. The summed E-state index contributed by atoms with van der Waals surface area (Å²) in [6, 6.07) is 9.94. The van der Waals surface area contributed by atoms with Crippen LogP contribution in [0.5, 0.6) is 0 Å². The van der Waals surface area contributed by atoms with Gasteiger partial charge in [-0.2, -0.15) is 0 Å². The summed E-state index contributed by atoms with van der Waals surface area (Å²) in [6.45, 7) is 3.95. The van der Waals surface area contributed by atoms with Gasteiger partial charge in [0.2, 0.25) is 0 Å². The second kappa shape index (κ2) is 5.55. The molecule has 7 rings (SSSR count). The molecule has 4 bridgehead atoms. The van der Waals surface area contributed by atoms with Crippen LogP contribution in [0.1, 0.15) is 30.6 Å². The molecule has 7 atom stereocenters. The van der Waals surface area contributed by atoms with Gasteiger partial charge in [0.15, 0.2) is 6.29 Å². The maximum absolute atomic E-state index is 10.1. The minimum atomic E-state index is -0.109. The van der Waals surface area contributed by atoms with Gasteiger partial charge in [0.05, 0.1) is 19.3 Å². The van der Waals surface area contributed by atoms with Gasteiger partial charge < -0.3 is 19.6 Å². The maximum Gasteiger partial charge on any atom is 0.162 e. The largest absolute Gasteiger partial charge is 0.396 e. The highest BCUT2D eigenvalue weighted by atomic mass is 16.7. The summed E-state index contributed by atoms with van der Waals surface area (Å²) in [5, 5.41) is 11.5. The highest BCUT2D eigenvalue weighted by Gasteiger charge is 2.60. The number of para-hydroxylation sites is 1. The Hall–Kier alpha value is -1.40. The number of aromatic amines is 1. The zero-order valence-electron chi connectivity index (χ0n) is 15.1. The molecule has 0 spiro atoms. The van der Waals surface area contributed by atoms with E-state index in [4.69, 9.17) is 9.47 Å². The molecule has 5 aliphatic heterocycles. The summed E-state index contributed by atoms with van der Waals surface area (Å²) in [5.74, 6) is 1.12. The summed E-state index contributed by atoms with van der Waals surface area (Å²) in [6.07, 6.45) is 2.02. The number of hydrogen-bond donors (Lipinski definition) is 2. The second-order valence-electron chi connectivity index (χ2n) is 8.47. The smallest absolute Gasteiger partial charge is 0.162 e. The first-order valence-corrected chi connectivity index (χ1v) is 9.99. The molecule has 0 saturated carbocycles. The van der Waals surface area contributed by atoms with E-state index in [0.717, 1.165) is 12.8 Å². The Balaban J connectivity index is 1.50. The van der Waals surface area contributed by atoms with Crippen molar-refractivity contribution in [3.8, 4) is 0 Å². The summed E-state index contributed by atoms with van der Waals surface area (Å²) < 4.78 is 12.0. The highest BCUT2D eigenvalue weighted by Crippen LogP contribution is 2.57. The fourth-order valence-electron chi connectivity index (χ4n) is 6.59. The van der Waals surface area contributed by atoms with E-state index in [1.165, 1.54) is 22.2 Å². The number of nitrogens with one attached hydrogen (secondary N) is 1. The van der Waals surface area contributed by atoms with Crippen molar-refractivity contribution in [1.29, 1.82) is 0 Å². The molecule has 5 nitrogen and oxygen atoms in total. The van der Waals surface area contributed by atoms with Gasteiger partial charge in [-0.15, -0.1) is 0 Å². The fourth-order valence-corrected chi connectivity index (χ4v) is 6.59. The lowest BCUT2D eigenvalue weighted by molar-refractivity contribution is -0.213. The number of benzene rings is 1. The van der Waals surface area contributed by atoms with Crippen LogP contribution in [0.3, 0.4) is 0 Å². The maximum atomic E-state index is 10.1. The highest BCUT2D eigenvalue weighted by molar-refractivity contribution is 5.85. The van der Waals surface area contributed by atoms with Crippen LogP contribution in [-0.2, 0) is 15.9 Å². The Morgan fingerprint density at radius 3 is 2.85 bits per heavy atom. The molecule has 0 radical (unpaired) electrons. The molecule has 4 fully saturated rings. The Morgan fingerprint density at radius 2 is 2.04 bits per heavy atom. The van der Waals surface area contributed by atoms with Crippen molar-refractivity contribution in [3.63, 3.8) is 0 Å². The predicted octanol–water partition coefficient (Wildman–Crippen LogP) is 2.46. The molecule has 138 valence electrons. The number of rotatable bonds is 2. The van der Waals surface area contributed by atoms with Crippen LogP contribution < -0.4 is 0 Å². The van der Waals surface area contributed by atoms with Crippen molar-refractivity contribution in [2.45, 2.75) is 44.2 Å². The van der Waals surface area contributed by atoms with Crippen LogP contribution in [0.4, 0.5) is 0 Å². The first kappa shape index (κ1) is 15.6. The number of fused-ring (bicyclic) bond motifs is 4. The van der Waals surface area contributed by atoms with E-state index < -0.39 is 0 Å². The first-order valence-electron chi connectivity index (χ1n) is 9.99. The number of H-pyrrole nitrogens is 1. The van der Waals surface area contributed by atoms with Gasteiger partial charge in [-0.05, 0) is 37.3 Å². The minimum absolute atomic E-state index is 0.109. The fraction of sp³-hybridized carbons (Fsp3) is 0.619. The normalized spacial score (nSPS) is 41.7. The van der Waals surface area contributed by atoms with Crippen molar-refractivity contribution in [2.75, 3.05) is 19.8 Å². The zero-order valence-corrected chi connectivity index (χ0v) is 15.1. The van der Waals surface area contributed by atoms with Gasteiger partial charge in [-0.25, -0.2) is 0 Å². The van der Waals surface area contributed by atoms with Crippen LogP contribution in [0.25, 0.3) is 10.9 Å². The summed E-state index contributed by atoms with van der Waals surface area (Å²) in [7, 11) is 0. The number of hydrogen-bond acceptors (Lipinski definition) is 4. The van der Waals surface area contributed by atoms with Gasteiger partial charge in [-0.3, -0.25) is 4.90 Å². The Morgan fingerprint density at radius 1 is 1.23 bits per heavy atom. The number of nitrogens with zero attached hydrogens (tertiary/aromatic N) is 1. The second-order valence-corrected chi connectivity index (χ2v) is 8.47. The molecule has 0 aliphatic carbocycles. The van der Waals surface area contributed by atoms with Crippen LogP contribution in [0.2, 0.25) is 0 Å². The van der Waals surface area contributed by atoms with E-state index in [9.17, 15) is 5.11 Å². The van der Waals surface area contributed by atoms with E-state index in [2.05, 4.69) is 41.1 Å². The van der Waals surface area contributed by atoms with Crippen molar-refractivity contribution in [3.05, 3.63) is 35.5 Å². The third-order valence-electron chi connectivity index (χ3n) is 7.58. The van der Waals surface area contributed by atoms with Gasteiger partial charge in [0.25, 0.3) is 0 Å². The average Bonchev–Trinajstić information content (AvgIpc) is 3.30. The average molecular weight is 354 g/mol. The van der Waals surface area contributed by atoms with Crippen LogP contribution in [0, 0.1) is 17.8 Å². The topological polar surface area (TPSA) is 57.7 Å². The van der Waals surface area contributed by atoms with Crippen LogP contribution in [-0.4, -0.2) is 53.2 Å². The SMILES string of the molecule is C[C@H]1[C@@H](CO)C2C[C@H]3c4[nH]c5ccccc5c4C[C@@H]([C@@H]2C2OCCO2)N31. The molecule has 2 N–H and O–H groups in total. The molecule has 0 amide bonds. The summed E-state index contributed by atoms with van der Waals surface area (Å²) in [4.78, 5) is 6.40. The number of aliphatic hydroxyl groups excluding tert-OH is 1. The molecule has 2 aromatic rings. The molecule has 2 unspecified atom stereocenters. The van der Waals surface area contributed by atoms with Crippen molar-refractivity contribution < 1.29 is 14.6 Å². The molecule has 5 aliphatic rings. The molecule has 1 aromatic carbocycles. The third kappa shape index (κ3) is 1.89. The van der Waals surface area contributed by atoms with Crippen LogP contribution in [0.15, 0.2) is 24.3 Å². The molecule has 1 aromatic heterocycles. The predicted molar refractivity (Wildman–Crippen MR) is 97.7 cm³/mol. The van der Waals surface area contributed by atoms with E-state index in [1.807, 2.05) is 0 Å². The van der Waals surface area contributed by atoms with E-state index >= 15 is 0 Å². The number of piperidine rings is 3. The van der Waals surface area contributed by atoms with Gasteiger partial charge in [-0.1, -0.05) is 18.2 Å². The monoisotopic (exact) mass is 354 g/mol. The molecular weight excluding hydrogens is 328 g/mol. The van der Waals surface area contributed by atoms with Gasteiger partial charge in [0, 0.05) is 47.1 Å². The lowest BCUT2D eigenvalue weighted by Gasteiger charge is -2.63. The van der Waals surface area contributed by atoms with Crippen molar-refractivity contribution >= 4 is 10.9 Å². The number of aromatic nitrogens is 1. The Kier molecular flexibility index (Phi) is 3.34. The Labute approximate surface area is 153 Å². The molecule has 26 heavy (non-hydrogen) atoms. The number of ether oxygens (including phenoxy) is 2. The van der Waals surface area contributed by atoms with Crippen molar-refractivity contribution in [2.24, 2.45) is 17.8 Å². The van der Waals surface area contributed by atoms with E-state index in [0.29, 0.717) is 49.1 Å². The third-order valence-corrected chi connectivity index (χ3v) is 7.58. The Bertz CT molecular complexity index is 843. The van der Waals surface area contributed by atoms with Gasteiger partial charge >= 0.3 is 0 Å². The van der Waals surface area contributed by atoms with Crippen molar-refractivity contribution in [1.82, 2.24) is 9.88 Å². The molecular formula is C21H26N2O3. The van der Waals surface area contributed by atoms with Crippen LogP contribution >= 0.6 is 0 Å². The standard InChI is InChI=1S/C21H26N2O3/c1-11-15(10-24)13-8-18-20-14(12-4-2-3-5-16(12)22-20)9-17(23(11)18)19(13)21-25-6-7-26-21/h2-5,11,13,15,17-19,21-22,24H,6-10H2,1H3/t11-,13?,15+,17-,18-,19+/m0/s1. The molecule has 4 saturated heterocycles. The number of aliphatic hydroxyl groups is 1. The molecule has 5 heteroatoms. The summed E-state index contributed by atoms with van der Waals surface area (Å²) >= 11 is 0. The quantitative estimate of drug-likeness (QED) is 0.870. The lowest BCUT2D eigenvalue weighted by atomic mass is 9.59. The van der Waals surface area contributed by atoms with E-state index in [1.54, 1.807) is 0 Å². The zero-order chi connectivity index (χ0) is 17.4.